The summed E-state index contributed by atoms with van der Waals surface area (Å²) in [5.74, 6) is 0. The van der Waals surface area contributed by atoms with E-state index in [4.69, 9.17) is 0 Å². The van der Waals surface area contributed by atoms with Gasteiger partial charge in [-0.3, -0.25) is 0 Å². The molecule has 3 nitrogen and oxygen atoms in total. The van der Waals surface area contributed by atoms with Crippen LogP contribution in [0.25, 0.3) is 0 Å². The molecule has 0 saturated carbocycles. The normalized spacial score (nSPS) is 11.6. The average Bonchev–Trinajstić information content (AvgIpc) is 2.45. The van der Waals surface area contributed by atoms with Crippen LogP contribution < -0.4 is 5.32 Å². The van der Waals surface area contributed by atoms with Gasteiger partial charge in [-0.1, -0.05) is 24.3 Å². The van der Waals surface area contributed by atoms with Crippen molar-refractivity contribution < 1.29 is 17.2 Å². The third-order valence-electron chi connectivity index (χ3n) is 2.96. The molecule has 0 radical (unpaired) electrons. The summed E-state index contributed by atoms with van der Waals surface area (Å²) in [5, 5.41) is 3.03. The van der Waals surface area contributed by atoms with Crippen molar-refractivity contribution >= 4 is 15.5 Å². The zero-order valence-electron chi connectivity index (χ0n) is 11.4. The van der Waals surface area contributed by atoms with E-state index in [2.05, 4.69) is 5.32 Å². The summed E-state index contributed by atoms with van der Waals surface area (Å²) in [7, 11) is -3.27. The van der Waals surface area contributed by atoms with E-state index < -0.39 is 16.3 Å². The van der Waals surface area contributed by atoms with E-state index in [9.17, 15) is 17.2 Å². The highest BCUT2D eigenvalue weighted by atomic mass is 32.2. The maximum absolute atomic E-state index is 12.6. The minimum absolute atomic E-state index is 0.0285. The van der Waals surface area contributed by atoms with Gasteiger partial charge in [0.2, 0.25) is 0 Å². The fourth-order valence-corrected chi connectivity index (χ4v) is 2.55. The van der Waals surface area contributed by atoms with Crippen LogP contribution in [-0.2, 0) is 16.4 Å². The lowest BCUT2D eigenvalue weighted by molar-refractivity contribution is 0.151. The molecule has 0 bridgehead atoms. The Bertz CT molecular complexity index is 730. The van der Waals surface area contributed by atoms with Crippen molar-refractivity contribution in [3.63, 3.8) is 0 Å². The summed E-state index contributed by atoms with van der Waals surface area (Å²) in [6, 6.07) is 12.5. The van der Waals surface area contributed by atoms with Crippen molar-refractivity contribution in [3.8, 4) is 0 Å². The lowest BCUT2D eigenvalue weighted by Crippen LogP contribution is -2.02. The predicted molar refractivity (Wildman–Crippen MR) is 78.3 cm³/mol. The summed E-state index contributed by atoms with van der Waals surface area (Å²) in [4.78, 5) is 0.217. The van der Waals surface area contributed by atoms with Crippen molar-refractivity contribution in [1.82, 2.24) is 0 Å². The highest BCUT2D eigenvalue weighted by molar-refractivity contribution is 7.90. The molecular weight excluding hydrogens is 296 g/mol. The number of hydrogen-bond acceptors (Lipinski definition) is 3. The zero-order valence-corrected chi connectivity index (χ0v) is 12.2. The first-order chi connectivity index (χ1) is 9.86. The Morgan fingerprint density at radius 3 is 2.48 bits per heavy atom. The molecule has 0 spiro atoms. The van der Waals surface area contributed by atoms with Crippen LogP contribution in [0, 0.1) is 0 Å². The highest BCUT2D eigenvalue weighted by Gasteiger charge is 2.08. The summed E-state index contributed by atoms with van der Waals surface area (Å²) in [5.41, 5.74) is 1.30. The van der Waals surface area contributed by atoms with E-state index >= 15 is 0 Å². The van der Waals surface area contributed by atoms with Crippen LogP contribution in [0.2, 0.25) is 0 Å². The molecule has 6 heteroatoms. The molecule has 0 fully saturated rings. The summed E-state index contributed by atoms with van der Waals surface area (Å²) < 4.78 is 48.2. The minimum Gasteiger partial charge on any atom is -0.381 e. The van der Waals surface area contributed by atoms with Gasteiger partial charge in [-0.15, -0.1) is 0 Å². The van der Waals surface area contributed by atoms with Gasteiger partial charge in [-0.25, -0.2) is 17.2 Å². The maximum atomic E-state index is 12.6. The average molecular weight is 311 g/mol. The fraction of sp³-hybridized carbons (Fsp3) is 0.200. The Balaban J connectivity index is 2.12. The molecule has 0 aromatic heterocycles. The van der Waals surface area contributed by atoms with Gasteiger partial charge in [0.05, 0.1) is 4.90 Å². The largest absolute Gasteiger partial charge is 0.381 e. The second kappa shape index (κ2) is 6.22. The molecule has 0 saturated heterocycles. The molecule has 0 aliphatic carbocycles. The van der Waals surface area contributed by atoms with Gasteiger partial charge in [0.15, 0.2) is 9.84 Å². The summed E-state index contributed by atoms with van der Waals surface area (Å²) in [6.07, 6.45) is -1.36. The number of nitrogens with one attached hydrogen (secondary N) is 1. The first-order valence-electron chi connectivity index (χ1n) is 6.27. The molecular formula is C15H15F2NO2S. The second-order valence-electron chi connectivity index (χ2n) is 4.70. The molecule has 2 aromatic rings. The van der Waals surface area contributed by atoms with E-state index in [1.807, 2.05) is 0 Å². The third-order valence-corrected chi connectivity index (χ3v) is 4.07. The van der Waals surface area contributed by atoms with Crippen LogP contribution in [0.15, 0.2) is 53.4 Å². The molecule has 0 heterocycles. The van der Waals surface area contributed by atoms with Gasteiger partial charge >= 0.3 is 0 Å². The number of alkyl halides is 2. The molecule has 2 rings (SSSR count). The first kappa shape index (κ1) is 15.4. The third kappa shape index (κ3) is 4.26. The van der Waals surface area contributed by atoms with Crippen molar-refractivity contribution in [1.29, 1.82) is 0 Å². The molecule has 0 unspecified atom stereocenters. The number of sulfone groups is 1. The second-order valence-corrected chi connectivity index (χ2v) is 6.72. The van der Waals surface area contributed by atoms with Gasteiger partial charge in [0.1, 0.15) is 0 Å². The zero-order chi connectivity index (χ0) is 15.5. The number of hydrogen-bond donors (Lipinski definition) is 1. The number of benzene rings is 2. The molecule has 0 amide bonds. The van der Waals surface area contributed by atoms with E-state index in [1.54, 1.807) is 24.3 Å². The van der Waals surface area contributed by atoms with Gasteiger partial charge in [-0.2, -0.15) is 0 Å². The minimum atomic E-state index is -3.27. The first-order valence-corrected chi connectivity index (χ1v) is 8.16. The van der Waals surface area contributed by atoms with E-state index in [-0.39, 0.29) is 10.5 Å². The van der Waals surface area contributed by atoms with E-state index in [0.29, 0.717) is 17.8 Å². The number of anilines is 1. The molecule has 1 N–H and O–H groups in total. The van der Waals surface area contributed by atoms with Crippen LogP contribution in [0.5, 0.6) is 0 Å². The topological polar surface area (TPSA) is 46.2 Å². The van der Waals surface area contributed by atoms with Crippen molar-refractivity contribution in [2.45, 2.75) is 17.9 Å². The Hall–Kier alpha value is -1.95. The maximum Gasteiger partial charge on any atom is 0.263 e. The van der Waals surface area contributed by atoms with Crippen molar-refractivity contribution in [2.75, 3.05) is 11.6 Å². The Labute approximate surface area is 122 Å². The van der Waals surface area contributed by atoms with Crippen molar-refractivity contribution in [3.05, 3.63) is 59.7 Å². The SMILES string of the molecule is CS(=O)(=O)c1cccc(NCc2cccc(C(F)F)c2)c1. The lowest BCUT2D eigenvalue weighted by Gasteiger charge is -2.09. The fourth-order valence-electron chi connectivity index (χ4n) is 1.88. The van der Waals surface area contributed by atoms with Crippen molar-refractivity contribution in [2.24, 2.45) is 0 Å². The molecule has 0 aliphatic heterocycles. The van der Waals surface area contributed by atoms with Crippen LogP contribution in [0.1, 0.15) is 17.6 Å². The summed E-state index contributed by atoms with van der Waals surface area (Å²) >= 11 is 0. The quantitative estimate of drug-likeness (QED) is 0.917. The molecule has 2 aromatic carbocycles. The Kier molecular flexibility index (Phi) is 4.57. The van der Waals surface area contributed by atoms with Crippen LogP contribution in [-0.4, -0.2) is 14.7 Å². The Morgan fingerprint density at radius 1 is 1.10 bits per heavy atom. The molecule has 0 atom stereocenters. The summed E-state index contributed by atoms with van der Waals surface area (Å²) in [6.45, 7) is 0.341. The predicted octanol–water partition coefficient (Wildman–Crippen LogP) is 3.64. The van der Waals surface area contributed by atoms with Gasteiger partial charge in [0, 0.05) is 24.1 Å². The van der Waals surface area contributed by atoms with Crippen LogP contribution >= 0.6 is 0 Å². The Morgan fingerprint density at radius 2 is 1.81 bits per heavy atom. The van der Waals surface area contributed by atoms with Gasteiger partial charge < -0.3 is 5.32 Å². The number of halogens is 2. The molecule has 21 heavy (non-hydrogen) atoms. The molecule has 112 valence electrons. The monoisotopic (exact) mass is 311 g/mol. The standard InChI is InChI=1S/C15H15F2NO2S/c1-21(19,20)14-7-3-6-13(9-14)18-10-11-4-2-5-12(8-11)15(16)17/h2-9,15,18H,10H2,1H3. The van der Waals surface area contributed by atoms with E-state index in [1.165, 1.54) is 24.3 Å². The van der Waals surface area contributed by atoms with Gasteiger partial charge in [-0.05, 0) is 29.8 Å². The smallest absolute Gasteiger partial charge is 0.263 e. The van der Waals surface area contributed by atoms with Gasteiger partial charge in [0.25, 0.3) is 6.43 Å². The number of rotatable bonds is 5. The van der Waals surface area contributed by atoms with Crippen LogP contribution in [0.3, 0.4) is 0 Å². The highest BCUT2D eigenvalue weighted by Crippen LogP contribution is 2.20. The van der Waals surface area contributed by atoms with E-state index in [0.717, 1.165) is 6.26 Å². The lowest BCUT2D eigenvalue weighted by atomic mass is 10.1. The molecule has 0 aliphatic rings. The van der Waals surface area contributed by atoms with Crippen LogP contribution in [0.4, 0.5) is 14.5 Å².